The molecule has 0 heterocycles. The zero-order valence-electron chi connectivity index (χ0n) is 13.2. The Morgan fingerprint density at radius 3 is 2.52 bits per heavy atom. The van der Waals surface area contributed by atoms with Crippen molar-refractivity contribution in [3.8, 4) is 17.2 Å². The molecule has 0 radical (unpaired) electrons. The summed E-state index contributed by atoms with van der Waals surface area (Å²) in [5.74, 6) is 0. The lowest BCUT2D eigenvalue weighted by Gasteiger charge is -2.10. The van der Waals surface area contributed by atoms with E-state index in [-0.39, 0.29) is 4.90 Å². The van der Waals surface area contributed by atoms with E-state index in [2.05, 4.69) is 16.9 Å². The molecule has 0 aliphatic heterocycles. The summed E-state index contributed by atoms with van der Waals surface area (Å²) in [6.45, 7) is 0. The molecule has 3 aromatic rings. The topological polar surface area (TPSA) is 70.0 Å². The minimum atomic E-state index is -3.73. The van der Waals surface area contributed by atoms with Crippen LogP contribution in [0, 0.1) is 11.3 Å². The van der Waals surface area contributed by atoms with Gasteiger partial charge in [0, 0.05) is 5.69 Å². The predicted octanol–water partition coefficient (Wildman–Crippen LogP) is 3.93. The molecule has 3 aromatic carbocycles. The van der Waals surface area contributed by atoms with Crippen LogP contribution in [0.1, 0.15) is 16.7 Å². The van der Waals surface area contributed by atoms with Gasteiger partial charge in [0.25, 0.3) is 10.0 Å². The Morgan fingerprint density at radius 1 is 0.880 bits per heavy atom. The lowest BCUT2D eigenvalue weighted by Crippen LogP contribution is -2.13. The van der Waals surface area contributed by atoms with Crippen molar-refractivity contribution in [1.82, 2.24) is 0 Å². The van der Waals surface area contributed by atoms with Gasteiger partial charge in [-0.25, -0.2) is 8.42 Å². The van der Waals surface area contributed by atoms with Gasteiger partial charge < -0.3 is 0 Å². The predicted molar refractivity (Wildman–Crippen MR) is 96.6 cm³/mol. The number of nitriles is 1. The molecule has 0 amide bonds. The van der Waals surface area contributed by atoms with E-state index in [1.54, 1.807) is 18.2 Å². The number of anilines is 1. The Balaban J connectivity index is 1.66. The van der Waals surface area contributed by atoms with Gasteiger partial charge in [0.15, 0.2) is 0 Å². The molecule has 0 spiro atoms. The molecule has 1 aliphatic carbocycles. The van der Waals surface area contributed by atoms with Gasteiger partial charge in [-0.3, -0.25) is 4.72 Å². The van der Waals surface area contributed by atoms with Gasteiger partial charge in [0.2, 0.25) is 0 Å². The van der Waals surface area contributed by atoms with Crippen LogP contribution in [0.15, 0.2) is 71.6 Å². The SMILES string of the molecule is N#Cc1cccc(S(=O)(=O)Nc2ccc3c(c2)Cc2ccccc2-3)c1. The van der Waals surface area contributed by atoms with Crippen molar-refractivity contribution in [3.05, 3.63) is 83.4 Å². The van der Waals surface area contributed by atoms with E-state index >= 15 is 0 Å². The van der Waals surface area contributed by atoms with Crippen LogP contribution in [-0.2, 0) is 16.4 Å². The maximum absolute atomic E-state index is 12.6. The Hall–Kier alpha value is -3.10. The highest BCUT2D eigenvalue weighted by molar-refractivity contribution is 7.92. The van der Waals surface area contributed by atoms with Gasteiger partial charge >= 0.3 is 0 Å². The lowest BCUT2D eigenvalue weighted by molar-refractivity contribution is 0.601. The third-order valence-corrected chi connectivity index (χ3v) is 5.70. The highest BCUT2D eigenvalue weighted by Gasteiger charge is 2.20. The van der Waals surface area contributed by atoms with Crippen molar-refractivity contribution in [2.75, 3.05) is 4.72 Å². The molecule has 25 heavy (non-hydrogen) atoms. The molecule has 1 aliphatic rings. The molecule has 0 bridgehead atoms. The summed E-state index contributed by atoms with van der Waals surface area (Å²) in [5.41, 5.74) is 5.53. The van der Waals surface area contributed by atoms with E-state index in [1.165, 1.54) is 23.3 Å². The lowest BCUT2D eigenvalue weighted by atomic mass is 10.1. The van der Waals surface area contributed by atoms with Crippen LogP contribution in [0.5, 0.6) is 0 Å². The van der Waals surface area contributed by atoms with E-state index in [0.29, 0.717) is 11.3 Å². The van der Waals surface area contributed by atoms with Crippen molar-refractivity contribution in [1.29, 1.82) is 5.26 Å². The van der Waals surface area contributed by atoms with Crippen LogP contribution in [0.4, 0.5) is 5.69 Å². The number of hydrogen-bond acceptors (Lipinski definition) is 3. The summed E-state index contributed by atoms with van der Waals surface area (Å²) in [5, 5.41) is 8.94. The highest BCUT2D eigenvalue weighted by Crippen LogP contribution is 2.37. The van der Waals surface area contributed by atoms with Gasteiger partial charge in [-0.05, 0) is 59.0 Å². The number of sulfonamides is 1. The third kappa shape index (κ3) is 2.77. The van der Waals surface area contributed by atoms with Crippen LogP contribution in [0.3, 0.4) is 0 Å². The minimum Gasteiger partial charge on any atom is -0.280 e. The van der Waals surface area contributed by atoms with Gasteiger partial charge in [-0.15, -0.1) is 0 Å². The quantitative estimate of drug-likeness (QED) is 0.611. The molecule has 0 unspecified atom stereocenters. The minimum absolute atomic E-state index is 0.0790. The number of rotatable bonds is 3. The molecule has 5 heteroatoms. The van der Waals surface area contributed by atoms with E-state index in [4.69, 9.17) is 5.26 Å². The zero-order chi connectivity index (χ0) is 17.4. The fraction of sp³-hybridized carbons (Fsp3) is 0.0500. The summed E-state index contributed by atoms with van der Waals surface area (Å²) in [6, 6.07) is 21.7. The van der Waals surface area contributed by atoms with E-state index in [0.717, 1.165) is 17.5 Å². The van der Waals surface area contributed by atoms with Crippen molar-refractivity contribution in [2.24, 2.45) is 0 Å². The maximum Gasteiger partial charge on any atom is 0.261 e. The molecule has 4 rings (SSSR count). The highest BCUT2D eigenvalue weighted by atomic mass is 32.2. The average Bonchev–Trinajstić information content (AvgIpc) is 2.99. The number of fused-ring (bicyclic) bond motifs is 3. The van der Waals surface area contributed by atoms with Crippen LogP contribution >= 0.6 is 0 Å². The second-order valence-electron chi connectivity index (χ2n) is 5.95. The smallest absolute Gasteiger partial charge is 0.261 e. The van der Waals surface area contributed by atoms with Gasteiger partial charge in [0.05, 0.1) is 16.5 Å². The summed E-state index contributed by atoms with van der Waals surface area (Å²) in [4.78, 5) is 0.0790. The van der Waals surface area contributed by atoms with Crippen LogP contribution in [-0.4, -0.2) is 8.42 Å². The number of hydrogen-bond donors (Lipinski definition) is 1. The normalized spacial score (nSPS) is 12.1. The molecular weight excluding hydrogens is 332 g/mol. The maximum atomic E-state index is 12.6. The van der Waals surface area contributed by atoms with E-state index in [9.17, 15) is 8.42 Å². The summed E-state index contributed by atoms with van der Waals surface area (Å²) < 4.78 is 27.7. The summed E-state index contributed by atoms with van der Waals surface area (Å²) in [6.07, 6.45) is 0.797. The fourth-order valence-corrected chi connectivity index (χ4v) is 4.25. The Morgan fingerprint density at radius 2 is 1.68 bits per heavy atom. The summed E-state index contributed by atoms with van der Waals surface area (Å²) >= 11 is 0. The molecule has 0 atom stereocenters. The Labute approximate surface area is 146 Å². The second kappa shape index (κ2) is 5.76. The van der Waals surface area contributed by atoms with Crippen LogP contribution in [0.2, 0.25) is 0 Å². The average molecular weight is 346 g/mol. The van der Waals surface area contributed by atoms with Crippen molar-refractivity contribution in [2.45, 2.75) is 11.3 Å². The van der Waals surface area contributed by atoms with Crippen LogP contribution in [0.25, 0.3) is 11.1 Å². The first-order valence-corrected chi connectivity index (χ1v) is 9.29. The third-order valence-electron chi connectivity index (χ3n) is 4.32. The zero-order valence-corrected chi connectivity index (χ0v) is 14.0. The first-order chi connectivity index (χ1) is 12.1. The van der Waals surface area contributed by atoms with E-state index in [1.807, 2.05) is 30.3 Å². The van der Waals surface area contributed by atoms with E-state index < -0.39 is 10.0 Å². The number of benzene rings is 3. The standard InChI is InChI=1S/C20H14N2O2S/c21-13-14-4-3-6-18(10-14)25(23,24)22-17-8-9-20-16(12-17)11-15-5-1-2-7-19(15)20/h1-10,12,22H,11H2. The number of nitrogens with one attached hydrogen (secondary N) is 1. The Kier molecular flexibility index (Phi) is 3.56. The molecule has 4 nitrogen and oxygen atoms in total. The molecular formula is C20H14N2O2S. The Bertz CT molecular complexity index is 1130. The van der Waals surface area contributed by atoms with Crippen LogP contribution < -0.4 is 4.72 Å². The fourth-order valence-electron chi connectivity index (χ4n) is 3.16. The monoisotopic (exact) mass is 346 g/mol. The largest absolute Gasteiger partial charge is 0.280 e. The molecule has 1 N–H and O–H groups in total. The second-order valence-corrected chi connectivity index (χ2v) is 7.63. The van der Waals surface area contributed by atoms with Crippen molar-refractivity contribution >= 4 is 15.7 Å². The van der Waals surface area contributed by atoms with Gasteiger partial charge in [-0.2, -0.15) is 5.26 Å². The van der Waals surface area contributed by atoms with Crippen molar-refractivity contribution < 1.29 is 8.42 Å². The van der Waals surface area contributed by atoms with Crippen molar-refractivity contribution in [3.63, 3.8) is 0 Å². The van der Waals surface area contributed by atoms with Gasteiger partial charge in [0.1, 0.15) is 0 Å². The van der Waals surface area contributed by atoms with Gasteiger partial charge in [-0.1, -0.05) is 36.4 Å². The molecule has 0 saturated heterocycles. The number of nitrogens with zero attached hydrogens (tertiary/aromatic N) is 1. The first kappa shape index (κ1) is 15.4. The molecule has 0 aromatic heterocycles. The molecule has 0 saturated carbocycles. The first-order valence-electron chi connectivity index (χ1n) is 7.81. The molecule has 0 fully saturated rings. The summed E-state index contributed by atoms with van der Waals surface area (Å²) in [7, 11) is -3.73. The molecule has 122 valence electrons.